The maximum absolute atomic E-state index is 13.0. The van der Waals surface area contributed by atoms with Crippen LogP contribution in [0.1, 0.15) is 25.1 Å². The molecule has 1 aliphatic rings. The summed E-state index contributed by atoms with van der Waals surface area (Å²) in [5.41, 5.74) is -0.728. The topological polar surface area (TPSA) is 48.7 Å². The molecule has 0 atom stereocenters. The number of piperazine rings is 1. The van der Waals surface area contributed by atoms with Crippen LogP contribution in [-0.4, -0.2) is 65.3 Å². The van der Waals surface area contributed by atoms with Gasteiger partial charge in [-0.3, -0.25) is 14.6 Å². The van der Waals surface area contributed by atoms with E-state index in [1.165, 1.54) is 17.9 Å². The number of aryl methyl sites for hydroxylation is 1. The molecule has 0 saturated carbocycles. The molecule has 0 aliphatic carbocycles. The first-order valence-corrected chi connectivity index (χ1v) is 8.48. The number of aliphatic imine (C=N–C) groups is 1. The SMILES string of the molecule is CN=C(NCc1cn(C)nc1C(F)(F)F)N1CCN(CC(C)C)CC1.I. The van der Waals surface area contributed by atoms with Crippen molar-refractivity contribution < 1.29 is 13.2 Å². The van der Waals surface area contributed by atoms with Gasteiger partial charge in [0.05, 0.1) is 0 Å². The average molecular weight is 488 g/mol. The van der Waals surface area contributed by atoms with Gasteiger partial charge in [-0.2, -0.15) is 18.3 Å². The van der Waals surface area contributed by atoms with Gasteiger partial charge in [0.2, 0.25) is 0 Å². The summed E-state index contributed by atoms with van der Waals surface area (Å²) in [5, 5.41) is 6.57. The number of guanidine groups is 1. The first-order chi connectivity index (χ1) is 11.7. The van der Waals surface area contributed by atoms with Gasteiger partial charge in [-0.15, -0.1) is 24.0 Å². The molecule has 1 aromatic rings. The number of hydrogen-bond donors (Lipinski definition) is 1. The predicted molar refractivity (Wildman–Crippen MR) is 107 cm³/mol. The Kier molecular flexibility index (Phi) is 8.64. The lowest BCUT2D eigenvalue weighted by molar-refractivity contribution is -0.142. The van der Waals surface area contributed by atoms with E-state index in [1.807, 2.05) is 0 Å². The van der Waals surface area contributed by atoms with Crippen molar-refractivity contribution in [1.29, 1.82) is 0 Å². The molecule has 0 unspecified atom stereocenters. The van der Waals surface area contributed by atoms with Crippen LogP contribution in [0.3, 0.4) is 0 Å². The summed E-state index contributed by atoms with van der Waals surface area (Å²) >= 11 is 0. The van der Waals surface area contributed by atoms with Crippen LogP contribution in [0.5, 0.6) is 0 Å². The van der Waals surface area contributed by atoms with Gasteiger partial charge in [0.25, 0.3) is 0 Å². The van der Waals surface area contributed by atoms with Crippen LogP contribution in [0.4, 0.5) is 13.2 Å². The van der Waals surface area contributed by atoms with E-state index in [2.05, 4.69) is 39.1 Å². The summed E-state index contributed by atoms with van der Waals surface area (Å²) in [6.07, 6.45) is -3.06. The number of rotatable bonds is 4. The lowest BCUT2D eigenvalue weighted by atomic mass is 10.2. The number of halogens is 4. The molecule has 1 aliphatic heterocycles. The lowest BCUT2D eigenvalue weighted by Crippen LogP contribution is -2.52. The van der Waals surface area contributed by atoms with Crippen LogP contribution in [0, 0.1) is 5.92 Å². The minimum absolute atomic E-state index is 0. The van der Waals surface area contributed by atoms with E-state index in [9.17, 15) is 13.2 Å². The zero-order valence-electron chi connectivity index (χ0n) is 15.7. The van der Waals surface area contributed by atoms with E-state index in [0.717, 1.165) is 32.7 Å². The number of aromatic nitrogens is 2. The van der Waals surface area contributed by atoms with E-state index in [1.54, 1.807) is 7.05 Å². The van der Waals surface area contributed by atoms with E-state index < -0.39 is 11.9 Å². The monoisotopic (exact) mass is 488 g/mol. The van der Waals surface area contributed by atoms with Crippen molar-refractivity contribution in [3.05, 3.63) is 17.5 Å². The average Bonchev–Trinajstić information content (AvgIpc) is 2.90. The van der Waals surface area contributed by atoms with E-state index in [-0.39, 0.29) is 36.1 Å². The predicted octanol–water partition coefficient (Wildman–Crippen LogP) is 2.41. The van der Waals surface area contributed by atoms with Crippen molar-refractivity contribution in [2.75, 3.05) is 39.8 Å². The fraction of sp³-hybridized carbons (Fsp3) is 0.750. The molecule has 2 heterocycles. The second kappa shape index (κ2) is 9.77. The molecule has 6 nitrogen and oxygen atoms in total. The number of alkyl halides is 3. The molecule has 0 amide bonds. The quantitative estimate of drug-likeness (QED) is 0.402. The minimum Gasteiger partial charge on any atom is -0.352 e. The second-order valence-electron chi connectivity index (χ2n) is 6.76. The first-order valence-electron chi connectivity index (χ1n) is 8.48. The molecule has 26 heavy (non-hydrogen) atoms. The highest BCUT2D eigenvalue weighted by Gasteiger charge is 2.36. The zero-order chi connectivity index (χ0) is 18.6. The van der Waals surface area contributed by atoms with Gasteiger partial charge < -0.3 is 10.2 Å². The van der Waals surface area contributed by atoms with Crippen LogP contribution in [0.15, 0.2) is 11.2 Å². The maximum atomic E-state index is 13.0. The van der Waals surface area contributed by atoms with Crippen molar-refractivity contribution in [1.82, 2.24) is 24.9 Å². The summed E-state index contributed by atoms with van der Waals surface area (Å²) in [6, 6.07) is 0. The second-order valence-corrected chi connectivity index (χ2v) is 6.76. The fourth-order valence-corrected chi connectivity index (χ4v) is 3.07. The molecule has 0 aromatic carbocycles. The Bertz CT molecular complexity index is 591. The Labute approximate surface area is 169 Å². The Morgan fingerprint density at radius 3 is 2.38 bits per heavy atom. The third kappa shape index (κ3) is 6.29. The van der Waals surface area contributed by atoms with Crippen molar-refractivity contribution in [3.63, 3.8) is 0 Å². The summed E-state index contributed by atoms with van der Waals surface area (Å²) in [5.74, 6) is 1.25. The normalized spacial score (nSPS) is 16.8. The highest BCUT2D eigenvalue weighted by molar-refractivity contribution is 14.0. The standard InChI is InChI=1S/C16H27F3N6.HI/c1-12(2)10-24-5-7-25(8-6-24)15(20-3)21-9-13-11-23(4)22-14(13)16(17,18)19;/h11-12H,5-10H2,1-4H3,(H,20,21);1H. The van der Waals surface area contributed by atoms with Crippen LogP contribution in [-0.2, 0) is 19.8 Å². The Balaban J connectivity index is 0.00000338. The minimum atomic E-state index is -4.45. The van der Waals surface area contributed by atoms with E-state index in [0.29, 0.717) is 11.9 Å². The molecule has 1 fully saturated rings. The Morgan fingerprint density at radius 2 is 1.88 bits per heavy atom. The van der Waals surface area contributed by atoms with Crippen LogP contribution in [0.2, 0.25) is 0 Å². The summed E-state index contributed by atoms with van der Waals surface area (Å²) in [7, 11) is 3.14. The summed E-state index contributed by atoms with van der Waals surface area (Å²) in [6.45, 7) is 8.97. The molecule has 0 spiro atoms. The van der Waals surface area contributed by atoms with E-state index in [4.69, 9.17) is 0 Å². The molecule has 1 saturated heterocycles. The molecule has 10 heteroatoms. The molecule has 150 valence electrons. The Morgan fingerprint density at radius 1 is 1.27 bits per heavy atom. The molecular formula is C16H28F3IN6. The number of nitrogens with zero attached hydrogens (tertiary/aromatic N) is 5. The zero-order valence-corrected chi connectivity index (χ0v) is 18.0. The highest BCUT2D eigenvalue weighted by atomic mass is 127. The van der Waals surface area contributed by atoms with Gasteiger partial charge in [-0.05, 0) is 5.92 Å². The van der Waals surface area contributed by atoms with Crippen LogP contribution >= 0.6 is 24.0 Å². The van der Waals surface area contributed by atoms with Crippen molar-refractivity contribution in [2.45, 2.75) is 26.6 Å². The lowest BCUT2D eigenvalue weighted by Gasteiger charge is -2.37. The summed E-state index contributed by atoms with van der Waals surface area (Å²) < 4.78 is 40.2. The molecule has 0 bridgehead atoms. The van der Waals surface area contributed by atoms with Crippen molar-refractivity contribution in [3.8, 4) is 0 Å². The summed E-state index contributed by atoms with van der Waals surface area (Å²) in [4.78, 5) is 8.70. The van der Waals surface area contributed by atoms with Crippen molar-refractivity contribution >= 4 is 29.9 Å². The van der Waals surface area contributed by atoms with Gasteiger partial charge in [-0.1, -0.05) is 13.8 Å². The fourth-order valence-electron chi connectivity index (χ4n) is 3.07. The van der Waals surface area contributed by atoms with E-state index >= 15 is 0 Å². The van der Waals surface area contributed by atoms with Gasteiger partial charge in [-0.25, -0.2) is 0 Å². The molecule has 2 rings (SSSR count). The number of hydrogen-bond acceptors (Lipinski definition) is 3. The third-order valence-electron chi connectivity index (χ3n) is 4.12. The molecule has 0 radical (unpaired) electrons. The van der Waals surface area contributed by atoms with Crippen LogP contribution < -0.4 is 5.32 Å². The smallest absolute Gasteiger partial charge is 0.352 e. The van der Waals surface area contributed by atoms with Gasteiger partial charge >= 0.3 is 6.18 Å². The number of nitrogens with one attached hydrogen (secondary N) is 1. The van der Waals surface area contributed by atoms with Crippen molar-refractivity contribution in [2.24, 2.45) is 18.0 Å². The third-order valence-corrected chi connectivity index (χ3v) is 4.12. The highest BCUT2D eigenvalue weighted by Crippen LogP contribution is 2.30. The molecule has 1 N–H and O–H groups in total. The van der Waals surface area contributed by atoms with Crippen LogP contribution in [0.25, 0.3) is 0 Å². The Hall–Kier alpha value is -1.04. The van der Waals surface area contributed by atoms with Gasteiger partial charge in [0.1, 0.15) is 0 Å². The van der Waals surface area contributed by atoms with Gasteiger partial charge in [0.15, 0.2) is 11.7 Å². The molecule has 1 aromatic heterocycles. The first kappa shape index (κ1) is 23.0. The largest absolute Gasteiger partial charge is 0.435 e. The maximum Gasteiger partial charge on any atom is 0.435 e. The van der Waals surface area contributed by atoms with Gasteiger partial charge in [0, 0.05) is 65.1 Å². The molecular weight excluding hydrogens is 460 g/mol.